The molecule has 0 unspecified atom stereocenters. The maximum atomic E-state index is 8.06. The average molecular weight is 577 g/mol. The second-order valence-corrected chi connectivity index (χ2v) is 16.0. The second-order valence-electron chi connectivity index (χ2n) is 8.44. The molecule has 0 aliphatic rings. The molecule has 170 valence electrons. The second kappa shape index (κ2) is 12.9. The van der Waals surface area contributed by atoms with Crippen molar-refractivity contribution >= 4 is 55.7 Å². The van der Waals surface area contributed by atoms with Gasteiger partial charge in [-0.05, 0) is 0 Å². The van der Waals surface area contributed by atoms with Crippen LogP contribution in [0.1, 0.15) is 44.9 Å². The van der Waals surface area contributed by atoms with E-state index in [2.05, 4.69) is 126 Å². The van der Waals surface area contributed by atoms with E-state index in [1.54, 1.807) is 0 Å². The van der Waals surface area contributed by atoms with Crippen LogP contribution in [0.25, 0.3) is 0 Å². The van der Waals surface area contributed by atoms with Crippen LogP contribution >= 0.6 is 39.8 Å². The minimum atomic E-state index is -3.14. The molecule has 0 atom stereocenters. The summed E-state index contributed by atoms with van der Waals surface area (Å²) in [5.41, 5.74) is 0. The molecule has 0 saturated carbocycles. The normalized spacial score (nSPS) is 13.1. The Morgan fingerprint density at radius 1 is 0.562 bits per heavy atom. The van der Waals surface area contributed by atoms with E-state index in [0.717, 1.165) is 12.6 Å². The van der Waals surface area contributed by atoms with E-state index in [9.17, 15) is 0 Å². The topological polar surface area (TPSA) is 0 Å². The maximum absolute atomic E-state index is 8.06. The Bertz CT molecular complexity index is 841. The van der Waals surface area contributed by atoms with E-state index in [1.165, 1.54) is 58.9 Å². The molecule has 0 bridgehead atoms. The third-order valence-corrected chi connectivity index (χ3v) is 14.2. The van der Waals surface area contributed by atoms with Crippen molar-refractivity contribution in [1.82, 2.24) is 0 Å². The zero-order valence-corrected chi connectivity index (χ0v) is 22.7. The van der Waals surface area contributed by atoms with Crippen molar-refractivity contribution in [3.8, 4) is 0 Å². The van der Waals surface area contributed by atoms with Crippen LogP contribution in [0.15, 0.2) is 103 Å². The van der Waals surface area contributed by atoms with Crippen LogP contribution in [0.4, 0.5) is 0 Å². The third kappa shape index (κ3) is 6.04. The van der Waals surface area contributed by atoms with E-state index in [4.69, 9.17) is 11.2 Å². The van der Waals surface area contributed by atoms with Gasteiger partial charge in [0.15, 0.2) is 0 Å². The van der Waals surface area contributed by atoms with Crippen LogP contribution in [0.2, 0.25) is 0 Å². The SMILES string of the molecule is ClP(CC=CCCCCCCCCI)(c1ccccc1)(c1ccccc1)c1ccccc1. The molecule has 0 fully saturated rings. The molecule has 0 N–H and O–H groups in total. The molecule has 0 amide bonds. The van der Waals surface area contributed by atoms with E-state index in [1.807, 2.05) is 0 Å². The minimum absolute atomic E-state index is 0.834. The Morgan fingerprint density at radius 3 is 1.41 bits per heavy atom. The fourth-order valence-corrected chi connectivity index (χ4v) is 10.7. The molecule has 0 spiro atoms. The third-order valence-electron chi connectivity index (χ3n) is 6.25. The van der Waals surface area contributed by atoms with Gasteiger partial charge >= 0.3 is 214 Å². The molecule has 3 aromatic carbocycles. The monoisotopic (exact) mass is 576 g/mol. The Hall–Kier alpha value is -1.15. The molecule has 0 aromatic heterocycles. The summed E-state index contributed by atoms with van der Waals surface area (Å²) in [4.78, 5) is 0. The van der Waals surface area contributed by atoms with Gasteiger partial charge in [0, 0.05) is 0 Å². The zero-order valence-electron chi connectivity index (χ0n) is 18.9. The van der Waals surface area contributed by atoms with Crippen molar-refractivity contribution in [2.45, 2.75) is 44.9 Å². The number of halogens is 2. The number of benzene rings is 3. The standard InChI is InChI=1S/C29H35ClIP/c30-32(27-19-11-8-12-20-27,28-21-13-9-14-22-28,29-23-15-10-16-24-29)26-18-7-5-3-1-2-4-6-17-25-31/h7-16,18-24H,1-6,17,25-26H2. The molecule has 32 heavy (non-hydrogen) atoms. The van der Waals surface area contributed by atoms with Crippen LogP contribution < -0.4 is 15.9 Å². The molecule has 0 aliphatic carbocycles. The van der Waals surface area contributed by atoms with Crippen molar-refractivity contribution < 1.29 is 0 Å². The molecular weight excluding hydrogens is 542 g/mol. The summed E-state index contributed by atoms with van der Waals surface area (Å²) in [5, 5.41) is 3.70. The average Bonchev–Trinajstić information content (AvgIpc) is 2.87. The van der Waals surface area contributed by atoms with Gasteiger partial charge in [0.2, 0.25) is 0 Å². The van der Waals surface area contributed by atoms with Gasteiger partial charge in [-0.1, -0.05) is 0 Å². The number of alkyl halides is 1. The quantitative estimate of drug-likeness (QED) is 0.0630. The number of allylic oxidation sites excluding steroid dienone is 2. The van der Waals surface area contributed by atoms with Crippen LogP contribution in [-0.4, -0.2) is 10.6 Å². The number of hydrogen-bond donors (Lipinski definition) is 0. The van der Waals surface area contributed by atoms with Gasteiger partial charge in [-0.15, -0.1) is 0 Å². The van der Waals surface area contributed by atoms with Crippen molar-refractivity contribution in [1.29, 1.82) is 0 Å². The van der Waals surface area contributed by atoms with Gasteiger partial charge in [0.1, 0.15) is 0 Å². The van der Waals surface area contributed by atoms with Gasteiger partial charge in [0.25, 0.3) is 0 Å². The molecular formula is C29H35ClIP. The first-order chi connectivity index (χ1) is 15.7. The predicted octanol–water partition coefficient (Wildman–Crippen LogP) is 8.39. The van der Waals surface area contributed by atoms with Crippen molar-refractivity contribution in [2.75, 3.05) is 10.6 Å². The Morgan fingerprint density at radius 2 is 0.969 bits per heavy atom. The summed E-state index contributed by atoms with van der Waals surface area (Å²) in [6.45, 7) is 0. The number of hydrogen-bond acceptors (Lipinski definition) is 0. The van der Waals surface area contributed by atoms with E-state index in [0.29, 0.717) is 0 Å². The number of rotatable bonds is 13. The van der Waals surface area contributed by atoms with Crippen LogP contribution in [0, 0.1) is 0 Å². The molecule has 0 aliphatic heterocycles. The first-order valence-electron chi connectivity index (χ1n) is 11.8. The zero-order chi connectivity index (χ0) is 22.6. The fraction of sp³-hybridized carbons (Fsp3) is 0.310. The molecule has 3 rings (SSSR count). The van der Waals surface area contributed by atoms with Gasteiger partial charge < -0.3 is 0 Å². The Balaban J connectivity index is 1.85. The van der Waals surface area contributed by atoms with Crippen molar-refractivity contribution in [3.05, 3.63) is 103 Å². The van der Waals surface area contributed by atoms with Crippen molar-refractivity contribution in [2.24, 2.45) is 0 Å². The molecule has 0 nitrogen and oxygen atoms in total. The van der Waals surface area contributed by atoms with Gasteiger partial charge in [0.05, 0.1) is 0 Å². The summed E-state index contributed by atoms with van der Waals surface area (Å²) in [5.74, 6) is -3.14. The van der Waals surface area contributed by atoms with Crippen LogP contribution in [-0.2, 0) is 0 Å². The van der Waals surface area contributed by atoms with Crippen molar-refractivity contribution in [3.63, 3.8) is 0 Å². The molecule has 3 heteroatoms. The van der Waals surface area contributed by atoms with Gasteiger partial charge in [-0.3, -0.25) is 0 Å². The predicted molar refractivity (Wildman–Crippen MR) is 156 cm³/mol. The Labute approximate surface area is 213 Å². The van der Waals surface area contributed by atoms with E-state index < -0.39 is 5.96 Å². The first-order valence-corrected chi connectivity index (χ1v) is 16.7. The van der Waals surface area contributed by atoms with Gasteiger partial charge in [-0.25, -0.2) is 0 Å². The molecule has 3 aromatic rings. The summed E-state index contributed by atoms with van der Waals surface area (Å²) in [7, 11) is 0. The summed E-state index contributed by atoms with van der Waals surface area (Å²) in [6.07, 6.45) is 14.8. The summed E-state index contributed by atoms with van der Waals surface area (Å²) >= 11 is 10.5. The Kier molecular flexibility index (Phi) is 10.3. The summed E-state index contributed by atoms with van der Waals surface area (Å²) < 4.78 is 1.29. The molecule has 0 saturated heterocycles. The summed E-state index contributed by atoms with van der Waals surface area (Å²) in [6, 6.07) is 32.2. The first kappa shape index (κ1) is 25.5. The molecule has 0 radical (unpaired) electrons. The van der Waals surface area contributed by atoms with Crippen LogP contribution in [0.5, 0.6) is 0 Å². The fourth-order valence-electron chi connectivity index (χ4n) is 4.43. The number of unbranched alkanes of at least 4 members (excludes halogenated alkanes) is 6. The molecule has 0 heterocycles. The van der Waals surface area contributed by atoms with Crippen LogP contribution in [0.3, 0.4) is 0 Å². The van der Waals surface area contributed by atoms with E-state index >= 15 is 0 Å². The van der Waals surface area contributed by atoms with Gasteiger partial charge in [-0.2, -0.15) is 0 Å². The van der Waals surface area contributed by atoms with E-state index in [-0.39, 0.29) is 0 Å².